The molecule has 0 spiro atoms. The monoisotopic (exact) mass is 364 g/mol. The maximum absolute atomic E-state index is 11.1. The molecule has 1 aromatic rings. The van der Waals surface area contributed by atoms with Crippen molar-refractivity contribution >= 4 is 17.9 Å². The van der Waals surface area contributed by atoms with Crippen LogP contribution in [0.3, 0.4) is 0 Å². The van der Waals surface area contributed by atoms with Gasteiger partial charge < -0.3 is 25.8 Å². The number of nitrogens with zero attached hydrogens (tertiary/aromatic N) is 2. The molecule has 146 valence electrons. The molecule has 1 amide bonds. The second-order valence-electron chi connectivity index (χ2n) is 6.74. The van der Waals surface area contributed by atoms with Crippen LogP contribution >= 0.6 is 0 Å². The van der Waals surface area contributed by atoms with E-state index in [-0.39, 0.29) is 23.9 Å². The Labute approximate surface area is 155 Å². The van der Waals surface area contributed by atoms with Gasteiger partial charge in [-0.1, -0.05) is 13.8 Å². The normalized spacial score (nSPS) is 18.8. The summed E-state index contributed by atoms with van der Waals surface area (Å²) in [6, 6.07) is 3.44. The zero-order valence-electron chi connectivity index (χ0n) is 16.1. The van der Waals surface area contributed by atoms with Crippen LogP contribution in [0.2, 0.25) is 0 Å². The lowest BCUT2D eigenvalue weighted by Gasteiger charge is -2.24. The fourth-order valence-electron chi connectivity index (χ4n) is 2.81. The van der Waals surface area contributed by atoms with E-state index in [9.17, 15) is 9.59 Å². The van der Waals surface area contributed by atoms with E-state index in [4.69, 9.17) is 11.6 Å². The van der Waals surface area contributed by atoms with Gasteiger partial charge in [0, 0.05) is 19.4 Å². The number of aldehydes is 1. The molecule has 1 saturated heterocycles. The number of H-pyrrole nitrogens is 1. The highest BCUT2D eigenvalue weighted by atomic mass is 16.2. The summed E-state index contributed by atoms with van der Waals surface area (Å²) in [5.41, 5.74) is 7.11. The molecule has 26 heavy (non-hydrogen) atoms. The van der Waals surface area contributed by atoms with Crippen LogP contribution in [0.5, 0.6) is 0 Å². The summed E-state index contributed by atoms with van der Waals surface area (Å²) in [6.45, 7) is 4.91. The van der Waals surface area contributed by atoms with Gasteiger partial charge in [0.2, 0.25) is 5.91 Å². The zero-order valence-corrected chi connectivity index (χ0v) is 16.1. The lowest BCUT2D eigenvalue weighted by molar-refractivity contribution is -0.124. The number of likely N-dealkylation sites (N-methyl/N-ethyl adjacent to an activating group) is 2. The van der Waals surface area contributed by atoms with Gasteiger partial charge in [-0.05, 0) is 44.5 Å². The number of likely N-dealkylation sites (tertiary alicyclic amines) is 1. The van der Waals surface area contributed by atoms with E-state index >= 15 is 0 Å². The average Bonchev–Trinajstić information content (AvgIpc) is 3.26. The smallest absolute Gasteiger partial charge is 0.237 e. The number of nitrogens with one attached hydrogen (secondary N) is 2. The van der Waals surface area contributed by atoms with Crippen LogP contribution in [0.4, 0.5) is 0 Å². The minimum absolute atomic E-state index is 0.130. The topological polar surface area (TPSA) is 120 Å². The number of nitrogens with two attached hydrogens (primary N) is 2. The summed E-state index contributed by atoms with van der Waals surface area (Å²) in [6.07, 6.45) is 6.31. The first-order chi connectivity index (χ1) is 12.3. The Kier molecular flexibility index (Phi) is 8.87. The molecule has 1 aromatic heterocycles. The van der Waals surface area contributed by atoms with Crippen molar-refractivity contribution in [2.75, 3.05) is 20.6 Å². The first kappa shape index (κ1) is 21.7. The number of hydrazine groups is 1. The largest absolute Gasteiger partial charge is 0.396 e. The maximum atomic E-state index is 11.1. The lowest BCUT2D eigenvalue weighted by Crippen LogP contribution is -2.41. The Hall–Kier alpha value is -2.32. The third-order valence-electron chi connectivity index (χ3n) is 4.43. The number of hydrogen-bond acceptors (Lipinski definition) is 6. The highest BCUT2D eigenvalue weighted by molar-refractivity contribution is 5.81. The molecular formula is C18H32N6O2. The number of aromatic nitrogens is 1. The van der Waals surface area contributed by atoms with Crippen LogP contribution in [0.15, 0.2) is 24.5 Å². The summed E-state index contributed by atoms with van der Waals surface area (Å²) in [4.78, 5) is 27.0. The summed E-state index contributed by atoms with van der Waals surface area (Å²) < 4.78 is 0. The van der Waals surface area contributed by atoms with Gasteiger partial charge in [0.15, 0.2) is 0 Å². The van der Waals surface area contributed by atoms with Crippen molar-refractivity contribution in [3.05, 3.63) is 30.2 Å². The van der Waals surface area contributed by atoms with Crippen molar-refractivity contribution in [2.45, 2.75) is 38.8 Å². The van der Waals surface area contributed by atoms with Crippen molar-refractivity contribution in [3.63, 3.8) is 0 Å². The van der Waals surface area contributed by atoms with Gasteiger partial charge >= 0.3 is 0 Å². The molecule has 2 heterocycles. The summed E-state index contributed by atoms with van der Waals surface area (Å²) >= 11 is 0. The van der Waals surface area contributed by atoms with E-state index in [1.54, 1.807) is 19.4 Å². The predicted octanol–water partition coefficient (Wildman–Crippen LogP) is 0.498. The quantitative estimate of drug-likeness (QED) is 0.331. The molecule has 2 unspecified atom stereocenters. The van der Waals surface area contributed by atoms with Gasteiger partial charge in [0.05, 0.1) is 17.4 Å². The molecule has 1 fully saturated rings. The number of carbonyl (C=O) groups is 2. The molecule has 1 aliphatic rings. The molecule has 6 N–H and O–H groups in total. The van der Waals surface area contributed by atoms with Crippen LogP contribution in [-0.2, 0) is 9.59 Å². The second-order valence-corrected chi connectivity index (χ2v) is 6.74. The van der Waals surface area contributed by atoms with Gasteiger partial charge in [-0.25, -0.2) is 5.84 Å². The SMILES string of the molecule is CC(C)C(C=O)N(N)/C=C(\N)c1ccc[nH]1.CNC(=O)C1CCCN1C. The second kappa shape index (κ2) is 10.6. The minimum Gasteiger partial charge on any atom is -0.396 e. The van der Waals surface area contributed by atoms with Gasteiger partial charge in [0.1, 0.15) is 12.3 Å². The molecule has 0 saturated carbocycles. The Morgan fingerprint density at radius 1 is 1.50 bits per heavy atom. The molecule has 0 radical (unpaired) electrons. The zero-order chi connectivity index (χ0) is 19.7. The average molecular weight is 364 g/mol. The number of hydrogen-bond donors (Lipinski definition) is 4. The predicted molar refractivity (Wildman–Crippen MR) is 103 cm³/mol. The van der Waals surface area contributed by atoms with E-state index in [0.29, 0.717) is 5.70 Å². The van der Waals surface area contributed by atoms with E-state index < -0.39 is 0 Å². The minimum atomic E-state index is -0.367. The van der Waals surface area contributed by atoms with Crippen molar-refractivity contribution < 1.29 is 9.59 Å². The van der Waals surface area contributed by atoms with E-state index in [2.05, 4.69) is 15.2 Å². The molecule has 1 aliphatic heterocycles. The number of aromatic amines is 1. The summed E-state index contributed by atoms with van der Waals surface area (Å²) in [5.74, 6) is 6.06. The third-order valence-corrected chi connectivity index (χ3v) is 4.43. The Morgan fingerprint density at radius 2 is 2.19 bits per heavy atom. The van der Waals surface area contributed by atoms with Gasteiger partial charge in [-0.15, -0.1) is 0 Å². The Balaban J connectivity index is 0.000000289. The van der Waals surface area contributed by atoms with Crippen molar-refractivity contribution in [3.8, 4) is 0 Å². The Bertz CT molecular complexity index is 585. The van der Waals surface area contributed by atoms with Crippen LogP contribution in [0.1, 0.15) is 32.4 Å². The van der Waals surface area contributed by atoms with Gasteiger partial charge in [-0.2, -0.15) is 0 Å². The van der Waals surface area contributed by atoms with Crippen molar-refractivity contribution in [2.24, 2.45) is 17.5 Å². The molecule has 2 atom stereocenters. The highest BCUT2D eigenvalue weighted by Gasteiger charge is 2.26. The fourth-order valence-corrected chi connectivity index (χ4v) is 2.81. The van der Waals surface area contributed by atoms with Crippen LogP contribution < -0.4 is 16.9 Å². The fraction of sp³-hybridized carbons (Fsp3) is 0.556. The lowest BCUT2D eigenvalue weighted by atomic mass is 10.1. The molecule has 8 heteroatoms. The van der Waals surface area contributed by atoms with Crippen molar-refractivity contribution in [1.29, 1.82) is 0 Å². The third kappa shape index (κ3) is 6.20. The first-order valence-electron chi connectivity index (χ1n) is 8.83. The number of rotatable bonds is 6. The van der Waals surface area contributed by atoms with E-state index in [0.717, 1.165) is 31.4 Å². The molecular weight excluding hydrogens is 332 g/mol. The molecule has 0 aliphatic carbocycles. The van der Waals surface area contributed by atoms with E-state index in [1.165, 1.54) is 5.01 Å². The molecule has 0 aromatic carbocycles. The van der Waals surface area contributed by atoms with Crippen LogP contribution in [0.25, 0.3) is 5.70 Å². The molecule has 0 bridgehead atoms. The van der Waals surface area contributed by atoms with Gasteiger partial charge in [-0.3, -0.25) is 9.69 Å². The highest BCUT2D eigenvalue weighted by Crippen LogP contribution is 2.14. The van der Waals surface area contributed by atoms with Crippen LogP contribution in [-0.4, -0.2) is 59.8 Å². The molecule has 2 rings (SSSR count). The standard InChI is InChI=1S/C11H18N4O.C7H14N2O/c1-8(2)11(7-16)15(13)6-9(12)10-4-3-5-14-10;1-8-7(10)6-4-3-5-9(6)2/h3-8,11,14H,12-13H2,1-2H3;6H,3-5H2,1-2H3,(H,8,10)/b9-6-;. The summed E-state index contributed by atoms with van der Waals surface area (Å²) in [7, 11) is 3.68. The van der Waals surface area contributed by atoms with Crippen molar-refractivity contribution in [1.82, 2.24) is 20.2 Å². The van der Waals surface area contributed by atoms with Crippen LogP contribution in [0, 0.1) is 5.92 Å². The first-order valence-corrected chi connectivity index (χ1v) is 8.83. The Morgan fingerprint density at radius 3 is 2.62 bits per heavy atom. The van der Waals surface area contributed by atoms with Gasteiger partial charge in [0.25, 0.3) is 0 Å². The maximum Gasteiger partial charge on any atom is 0.237 e. The van der Waals surface area contributed by atoms with E-state index in [1.807, 2.05) is 33.0 Å². The molecule has 8 nitrogen and oxygen atoms in total. The summed E-state index contributed by atoms with van der Waals surface area (Å²) in [5, 5.41) is 4.00. The number of amides is 1. The number of carbonyl (C=O) groups excluding carboxylic acids is 2.